The Kier molecular flexibility index (Phi) is 7.59. The van der Waals surface area contributed by atoms with Gasteiger partial charge < -0.3 is 10.1 Å². The van der Waals surface area contributed by atoms with Crippen LogP contribution in [0.15, 0.2) is 17.5 Å². The number of nitrogens with one attached hydrogen (secondary N) is 1. The van der Waals surface area contributed by atoms with Gasteiger partial charge in [-0.15, -0.1) is 11.3 Å². The second kappa shape index (κ2) is 8.93. The number of thiophene rings is 1. The maximum atomic E-state index is 12.3. The second-order valence-electron chi connectivity index (χ2n) is 6.46. The monoisotopic (exact) mass is 325 g/mol. The molecule has 1 rings (SSSR count). The molecule has 1 amide bonds. The number of hydrogen-bond acceptors (Lipinski definition) is 4. The van der Waals surface area contributed by atoms with Gasteiger partial charge in [0.1, 0.15) is 4.88 Å². The minimum Gasteiger partial charge on any atom is -0.448 e. The zero-order valence-corrected chi connectivity index (χ0v) is 14.8. The van der Waals surface area contributed by atoms with Gasteiger partial charge in [0.2, 0.25) is 0 Å². The first-order valence-corrected chi connectivity index (χ1v) is 8.78. The molecule has 1 heterocycles. The highest BCUT2D eigenvalue weighted by Gasteiger charge is 2.26. The van der Waals surface area contributed by atoms with Gasteiger partial charge in [0.25, 0.3) is 5.91 Å². The highest BCUT2D eigenvalue weighted by atomic mass is 32.1. The van der Waals surface area contributed by atoms with E-state index >= 15 is 0 Å². The maximum Gasteiger partial charge on any atom is 0.349 e. The Balaban J connectivity index is 2.64. The summed E-state index contributed by atoms with van der Waals surface area (Å²) in [6, 6.07) is 3.51. The van der Waals surface area contributed by atoms with Crippen LogP contribution >= 0.6 is 11.3 Å². The van der Waals surface area contributed by atoms with Gasteiger partial charge in [-0.2, -0.15) is 0 Å². The van der Waals surface area contributed by atoms with Crippen LogP contribution in [0.1, 0.15) is 69.5 Å². The van der Waals surface area contributed by atoms with E-state index in [0.717, 1.165) is 25.7 Å². The summed E-state index contributed by atoms with van der Waals surface area (Å²) in [6.07, 6.45) is 4.05. The number of carbonyl (C=O) groups excluding carboxylic acids is 2. The molecule has 1 aromatic rings. The third-order valence-electron chi connectivity index (χ3n) is 3.08. The van der Waals surface area contributed by atoms with Crippen LogP contribution in [-0.4, -0.2) is 23.5 Å². The van der Waals surface area contributed by atoms with E-state index in [9.17, 15) is 9.59 Å². The Labute approximate surface area is 137 Å². The molecule has 1 unspecified atom stereocenters. The topological polar surface area (TPSA) is 55.4 Å². The molecule has 22 heavy (non-hydrogen) atoms. The largest absolute Gasteiger partial charge is 0.448 e. The first-order chi connectivity index (χ1) is 10.3. The van der Waals surface area contributed by atoms with Crippen LogP contribution in [0.2, 0.25) is 0 Å². The summed E-state index contributed by atoms with van der Waals surface area (Å²) < 4.78 is 5.44. The molecular formula is C17H27NO3S. The van der Waals surface area contributed by atoms with Crippen LogP contribution in [0.3, 0.4) is 0 Å². The molecule has 0 bridgehead atoms. The van der Waals surface area contributed by atoms with Crippen LogP contribution < -0.4 is 5.32 Å². The number of carbonyl (C=O) groups is 2. The predicted octanol–water partition coefficient (Wildman–Crippen LogP) is 4.16. The summed E-state index contributed by atoms with van der Waals surface area (Å²) in [4.78, 5) is 25.0. The number of unbranched alkanes of at least 4 members (excludes halogenated alkanes) is 3. The molecule has 0 aliphatic heterocycles. The van der Waals surface area contributed by atoms with Crippen molar-refractivity contribution in [2.75, 3.05) is 0 Å². The summed E-state index contributed by atoms with van der Waals surface area (Å²) in [7, 11) is 0. The predicted molar refractivity (Wildman–Crippen MR) is 90.2 cm³/mol. The molecule has 0 aromatic carbocycles. The average Bonchev–Trinajstić information content (AvgIpc) is 2.94. The van der Waals surface area contributed by atoms with Crippen molar-refractivity contribution < 1.29 is 14.3 Å². The lowest BCUT2D eigenvalue weighted by atomic mass is 10.1. The van der Waals surface area contributed by atoms with Gasteiger partial charge >= 0.3 is 5.97 Å². The van der Waals surface area contributed by atoms with Crippen molar-refractivity contribution in [3.63, 3.8) is 0 Å². The minimum atomic E-state index is -0.717. The third kappa shape index (κ3) is 7.07. The fourth-order valence-electron chi connectivity index (χ4n) is 2.03. The molecule has 0 radical (unpaired) electrons. The Morgan fingerprint density at radius 3 is 2.55 bits per heavy atom. The van der Waals surface area contributed by atoms with Crippen molar-refractivity contribution >= 4 is 23.2 Å². The van der Waals surface area contributed by atoms with Crippen LogP contribution in [0, 0.1) is 0 Å². The van der Waals surface area contributed by atoms with E-state index < -0.39 is 12.1 Å². The Hall–Kier alpha value is -1.36. The summed E-state index contributed by atoms with van der Waals surface area (Å²) in [6.45, 7) is 7.89. The van der Waals surface area contributed by atoms with Crippen LogP contribution in [0.5, 0.6) is 0 Å². The van der Waals surface area contributed by atoms with E-state index in [1.165, 1.54) is 11.3 Å². The van der Waals surface area contributed by atoms with E-state index in [2.05, 4.69) is 12.2 Å². The smallest absolute Gasteiger partial charge is 0.349 e. The molecule has 0 spiro atoms. The van der Waals surface area contributed by atoms with Gasteiger partial charge in [0.15, 0.2) is 6.10 Å². The normalized spacial score (nSPS) is 12.7. The zero-order valence-electron chi connectivity index (χ0n) is 14.0. The van der Waals surface area contributed by atoms with Gasteiger partial charge in [-0.05, 0) is 45.1 Å². The lowest BCUT2D eigenvalue weighted by molar-refractivity contribution is -0.131. The number of amides is 1. The fourth-order valence-corrected chi connectivity index (χ4v) is 2.64. The van der Waals surface area contributed by atoms with Crippen molar-refractivity contribution in [3.8, 4) is 0 Å². The van der Waals surface area contributed by atoms with Crippen LogP contribution in [0.4, 0.5) is 0 Å². The summed E-state index contributed by atoms with van der Waals surface area (Å²) >= 11 is 1.32. The third-order valence-corrected chi connectivity index (χ3v) is 3.93. The second-order valence-corrected chi connectivity index (χ2v) is 7.41. The molecule has 1 aromatic heterocycles. The quantitative estimate of drug-likeness (QED) is 0.577. The molecule has 0 fully saturated rings. The van der Waals surface area contributed by atoms with Crippen molar-refractivity contribution in [2.45, 2.75) is 71.4 Å². The van der Waals surface area contributed by atoms with E-state index in [1.54, 1.807) is 12.1 Å². The van der Waals surface area contributed by atoms with E-state index in [-0.39, 0.29) is 11.4 Å². The number of rotatable bonds is 8. The lowest BCUT2D eigenvalue weighted by Crippen LogP contribution is -2.47. The molecule has 0 saturated heterocycles. The Morgan fingerprint density at radius 2 is 2.00 bits per heavy atom. The molecule has 124 valence electrons. The van der Waals surface area contributed by atoms with Gasteiger partial charge in [0.05, 0.1) is 0 Å². The van der Waals surface area contributed by atoms with Crippen LogP contribution in [0.25, 0.3) is 0 Å². The zero-order chi connectivity index (χ0) is 16.6. The molecular weight excluding hydrogens is 298 g/mol. The SMILES string of the molecule is CCCCCCC(OC(=O)c1cccs1)C(=O)NC(C)(C)C. The molecule has 5 heteroatoms. The molecule has 0 aliphatic rings. The lowest BCUT2D eigenvalue weighted by Gasteiger charge is -2.24. The fraction of sp³-hybridized carbons (Fsp3) is 0.647. The Morgan fingerprint density at radius 1 is 1.27 bits per heavy atom. The maximum absolute atomic E-state index is 12.3. The number of ether oxygens (including phenoxy) is 1. The molecule has 0 saturated carbocycles. The molecule has 1 atom stereocenters. The highest BCUT2D eigenvalue weighted by molar-refractivity contribution is 7.11. The number of esters is 1. The Bertz CT molecular complexity index is 463. The molecule has 1 N–H and O–H groups in total. The summed E-state index contributed by atoms with van der Waals surface area (Å²) in [5, 5.41) is 4.72. The van der Waals surface area contributed by atoms with Crippen molar-refractivity contribution in [1.29, 1.82) is 0 Å². The van der Waals surface area contributed by atoms with Crippen molar-refractivity contribution in [1.82, 2.24) is 5.32 Å². The minimum absolute atomic E-state index is 0.214. The van der Waals surface area contributed by atoms with E-state index in [0.29, 0.717) is 11.3 Å². The van der Waals surface area contributed by atoms with E-state index in [1.807, 2.05) is 26.2 Å². The standard InChI is InChI=1S/C17H27NO3S/c1-5-6-7-8-10-13(15(19)18-17(2,3)4)21-16(20)14-11-9-12-22-14/h9,11-13H,5-8,10H2,1-4H3,(H,18,19). The van der Waals surface area contributed by atoms with Gasteiger partial charge in [-0.1, -0.05) is 32.3 Å². The van der Waals surface area contributed by atoms with Gasteiger partial charge in [-0.25, -0.2) is 4.79 Å². The van der Waals surface area contributed by atoms with E-state index in [4.69, 9.17) is 4.74 Å². The van der Waals surface area contributed by atoms with Gasteiger partial charge in [-0.3, -0.25) is 4.79 Å². The van der Waals surface area contributed by atoms with Crippen molar-refractivity contribution in [2.24, 2.45) is 0 Å². The first-order valence-electron chi connectivity index (χ1n) is 7.90. The molecule has 4 nitrogen and oxygen atoms in total. The summed E-state index contributed by atoms with van der Waals surface area (Å²) in [5.41, 5.74) is -0.339. The molecule has 0 aliphatic carbocycles. The number of hydrogen-bond donors (Lipinski definition) is 1. The highest BCUT2D eigenvalue weighted by Crippen LogP contribution is 2.15. The van der Waals surface area contributed by atoms with Crippen LogP contribution in [-0.2, 0) is 9.53 Å². The first kappa shape index (κ1) is 18.7. The average molecular weight is 325 g/mol. The van der Waals surface area contributed by atoms with Crippen molar-refractivity contribution in [3.05, 3.63) is 22.4 Å². The van der Waals surface area contributed by atoms with Gasteiger partial charge in [0, 0.05) is 5.54 Å². The summed E-state index contributed by atoms with van der Waals surface area (Å²) in [5.74, 6) is -0.631.